The van der Waals surface area contributed by atoms with Crippen LogP contribution in [0.3, 0.4) is 0 Å². The molecule has 0 fully saturated rings. The average Bonchev–Trinajstić information content (AvgIpc) is 3.64. The van der Waals surface area contributed by atoms with E-state index in [2.05, 4.69) is 16.5 Å². The Balaban J connectivity index is 0.000000289. The van der Waals surface area contributed by atoms with Crippen LogP contribution >= 0.6 is 58.0 Å². The molecule has 0 saturated carbocycles. The summed E-state index contributed by atoms with van der Waals surface area (Å²) in [4.78, 5) is 26.8. The second-order valence-electron chi connectivity index (χ2n) is 12.0. The van der Waals surface area contributed by atoms with E-state index in [0.717, 1.165) is 36.1 Å². The van der Waals surface area contributed by atoms with Crippen LogP contribution in [0.25, 0.3) is 10.9 Å². The number of hydrogen-bond donors (Lipinski definition) is 3. The lowest BCUT2D eigenvalue weighted by molar-refractivity contribution is -0.742. The van der Waals surface area contributed by atoms with Crippen molar-refractivity contribution >= 4 is 74.9 Å². The van der Waals surface area contributed by atoms with E-state index >= 15 is 0 Å². The minimum Gasteiger partial charge on any atom is -0.504 e. The number of carbonyl (C=O) groups is 1. The Bertz CT molecular complexity index is 1930. The van der Waals surface area contributed by atoms with Crippen molar-refractivity contribution in [2.24, 2.45) is 0 Å². The number of rotatable bonds is 15. The van der Waals surface area contributed by atoms with Crippen molar-refractivity contribution in [1.29, 1.82) is 0 Å². The largest absolute Gasteiger partial charge is 0.504 e. The van der Waals surface area contributed by atoms with Gasteiger partial charge in [0.05, 0.1) is 29.5 Å². The molecule has 5 rings (SSSR count). The number of unbranched alkanes of at least 4 members (excludes halogenated alkanes) is 6. The number of allylic oxidation sites excluding steroid dienone is 1. The molecule has 0 bridgehead atoms. The van der Waals surface area contributed by atoms with Crippen LogP contribution in [0.2, 0.25) is 25.1 Å². The van der Waals surface area contributed by atoms with Gasteiger partial charge in [-0.05, 0) is 74.2 Å². The Labute approximate surface area is 345 Å². The first-order valence-corrected chi connectivity index (χ1v) is 19.0. The molecule has 5 aromatic rings. The third kappa shape index (κ3) is 18.9. The Hall–Kier alpha value is -4.10. The maximum atomic E-state index is 10.2. The van der Waals surface area contributed by atoms with Crippen molar-refractivity contribution in [1.82, 2.24) is 14.5 Å². The molecule has 0 aliphatic heterocycles. The minimum absolute atomic E-state index is 0.0187. The number of benzene rings is 3. The summed E-state index contributed by atoms with van der Waals surface area (Å²) < 4.78 is 8.08. The molecule has 55 heavy (non-hydrogen) atoms. The first-order chi connectivity index (χ1) is 26.2. The summed E-state index contributed by atoms with van der Waals surface area (Å²) in [6.45, 7) is 6.56. The average molecular weight is 857 g/mol. The molecular weight excluding hydrogens is 814 g/mol. The van der Waals surface area contributed by atoms with Crippen LogP contribution in [0, 0.1) is 17.0 Å². The molecule has 3 N–H and O–H groups in total. The van der Waals surface area contributed by atoms with Crippen molar-refractivity contribution in [3.63, 3.8) is 0 Å². The first-order valence-electron chi connectivity index (χ1n) is 17.1. The van der Waals surface area contributed by atoms with Gasteiger partial charge in [-0.25, -0.2) is 9.97 Å². The lowest BCUT2D eigenvalue weighted by atomic mass is 10.1. The summed E-state index contributed by atoms with van der Waals surface area (Å²) in [6, 6.07) is 18.2. The van der Waals surface area contributed by atoms with Crippen LogP contribution in [-0.4, -0.2) is 41.0 Å². The summed E-state index contributed by atoms with van der Waals surface area (Å²) in [5.74, 6) is -0.693. The lowest BCUT2D eigenvalue weighted by Crippen LogP contribution is -2.12. The normalized spacial score (nSPS) is 10.9. The zero-order valence-electron chi connectivity index (χ0n) is 30.1. The molecule has 2 heterocycles. The van der Waals surface area contributed by atoms with Crippen molar-refractivity contribution < 1.29 is 30.0 Å². The van der Waals surface area contributed by atoms with E-state index in [1.54, 1.807) is 18.6 Å². The molecule has 0 radical (unpaired) electrons. The number of imidazole rings is 1. The monoisotopic (exact) mass is 854 g/mol. The highest BCUT2D eigenvalue weighted by Crippen LogP contribution is 2.36. The second-order valence-corrected chi connectivity index (χ2v) is 14.1. The Morgan fingerprint density at radius 2 is 1.56 bits per heavy atom. The van der Waals surface area contributed by atoms with Gasteiger partial charge in [0.1, 0.15) is 11.6 Å². The Morgan fingerprint density at radius 1 is 0.927 bits per heavy atom. The molecule has 1 atom stereocenters. The molecule has 16 heteroatoms. The number of phenols is 1. The van der Waals surface area contributed by atoms with Crippen molar-refractivity contribution in [2.75, 3.05) is 0 Å². The number of aromatic nitrogens is 3. The van der Waals surface area contributed by atoms with Crippen LogP contribution in [0.4, 0.5) is 0 Å². The van der Waals surface area contributed by atoms with E-state index in [1.165, 1.54) is 31.7 Å². The summed E-state index contributed by atoms with van der Waals surface area (Å²) >= 11 is 30.0. The van der Waals surface area contributed by atoms with Crippen molar-refractivity contribution in [3.8, 4) is 5.75 Å². The maximum absolute atomic E-state index is 10.2. The number of carboxylic acid groups (broad SMARTS) is 1. The number of hydrogen-bond acceptors (Lipinski definition) is 7. The fourth-order valence-corrected chi connectivity index (χ4v) is 6.11. The summed E-state index contributed by atoms with van der Waals surface area (Å²) in [5, 5.41) is 35.0. The molecule has 11 nitrogen and oxygen atoms in total. The fourth-order valence-electron chi connectivity index (χ4n) is 4.94. The molecule has 2 aromatic heterocycles. The van der Waals surface area contributed by atoms with Gasteiger partial charge in [-0.3, -0.25) is 4.79 Å². The van der Waals surface area contributed by atoms with E-state index in [4.69, 9.17) is 83.2 Å². The Kier molecular flexibility index (Phi) is 22.1. The van der Waals surface area contributed by atoms with Gasteiger partial charge in [0.15, 0.2) is 5.75 Å². The zero-order valence-corrected chi connectivity index (χ0v) is 33.9. The standard InChI is InChI=1S/C18H15Cl3N2O.C11H20O2.C10H7Cl2NO.HNO3/c19-14-3-1-13(2-4-14)11-24-18(10-23-8-7-22-12-23)16-6-5-15(20)9-17(16)21;1-2-3-4-5-6-7-8-9-10-11(12)13;1-5-2-3-6-7(11)4-8(12)10(14)9(6)13-5;2-1(3)4/h1-9,12,18H,10-11H2;2H,1,3-10H2,(H,12,13);2-4,14H,1H3;(H,2,3,4). The number of aromatic hydroxyl groups is 1. The number of fused-ring (bicyclic) bond motifs is 1. The van der Waals surface area contributed by atoms with Gasteiger partial charge in [-0.1, -0.05) is 108 Å². The van der Waals surface area contributed by atoms with E-state index in [0.29, 0.717) is 50.6 Å². The highest BCUT2D eigenvalue weighted by molar-refractivity contribution is 6.39. The molecule has 296 valence electrons. The van der Waals surface area contributed by atoms with Gasteiger partial charge in [-0.15, -0.1) is 16.7 Å². The van der Waals surface area contributed by atoms with Crippen molar-refractivity contribution in [2.45, 2.75) is 77.5 Å². The number of phenolic OH excluding ortho intramolecular Hbond substituents is 1. The minimum atomic E-state index is -1.50. The van der Waals surface area contributed by atoms with Crippen LogP contribution in [0.15, 0.2) is 92.0 Å². The highest BCUT2D eigenvalue weighted by Gasteiger charge is 2.17. The zero-order chi connectivity index (χ0) is 40.8. The predicted octanol–water partition coefficient (Wildman–Crippen LogP) is 12.4. The number of halogens is 5. The number of nitrogens with zero attached hydrogens (tertiary/aromatic N) is 4. The smallest absolute Gasteiger partial charge is 0.303 e. The maximum Gasteiger partial charge on any atom is 0.303 e. The van der Waals surface area contributed by atoms with Gasteiger partial charge < -0.3 is 24.7 Å². The van der Waals surface area contributed by atoms with E-state index < -0.39 is 11.1 Å². The van der Waals surface area contributed by atoms with Crippen molar-refractivity contribution in [3.05, 3.63) is 144 Å². The molecular formula is C39H43Cl5N4O7. The third-order valence-corrected chi connectivity index (χ3v) is 9.07. The molecule has 1 unspecified atom stereocenters. The number of pyridine rings is 1. The molecule has 3 aromatic carbocycles. The van der Waals surface area contributed by atoms with E-state index in [-0.39, 0.29) is 16.9 Å². The molecule has 0 spiro atoms. The van der Waals surface area contributed by atoms with Crippen LogP contribution in [0.1, 0.15) is 74.3 Å². The summed E-state index contributed by atoms with van der Waals surface area (Å²) in [5.41, 5.74) is 3.19. The number of carboxylic acids is 1. The summed E-state index contributed by atoms with van der Waals surface area (Å²) in [6.07, 6.45) is 15.3. The lowest BCUT2D eigenvalue weighted by Gasteiger charge is -2.20. The Morgan fingerprint density at radius 3 is 2.16 bits per heavy atom. The van der Waals surface area contributed by atoms with Gasteiger partial charge in [0, 0.05) is 50.5 Å². The fraction of sp³-hybridized carbons (Fsp3) is 0.308. The SMILES string of the molecule is C=CCCCCCCCCC(=O)O.Cc1ccc2c(Cl)cc(Cl)c(O)c2n1.Clc1ccc(COC(Cn2ccnc2)c2ccc(Cl)cc2Cl)cc1.O=[N+]([O-])O. The third-order valence-electron chi connectivity index (χ3n) is 7.65. The van der Waals surface area contributed by atoms with Crippen LogP contribution < -0.4 is 0 Å². The van der Waals surface area contributed by atoms with Gasteiger partial charge in [-0.2, -0.15) is 0 Å². The van der Waals surface area contributed by atoms with E-state index in [1.807, 2.05) is 72.3 Å². The predicted molar refractivity (Wildman–Crippen MR) is 219 cm³/mol. The molecule has 0 saturated heterocycles. The van der Waals surface area contributed by atoms with Gasteiger partial charge in [0.25, 0.3) is 5.09 Å². The van der Waals surface area contributed by atoms with Gasteiger partial charge >= 0.3 is 5.97 Å². The quantitative estimate of drug-likeness (QED) is 0.0403. The van der Waals surface area contributed by atoms with Gasteiger partial charge in [0.2, 0.25) is 0 Å². The second kappa shape index (κ2) is 25.9. The topological polar surface area (TPSA) is 161 Å². The molecule has 0 amide bonds. The first kappa shape index (κ1) is 47.1. The molecule has 0 aliphatic carbocycles. The number of aryl methyl sites for hydroxylation is 1. The summed E-state index contributed by atoms with van der Waals surface area (Å²) in [7, 11) is 0. The van der Waals surface area contributed by atoms with E-state index in [9.17, 15) is 9.90 Å². The number of aliphatic carboxylic acids is 1. The highest BCUT2D eigenvalue weighted by atomic mass is 35.5. The number of ether oxygens (including phenoxy) is 1. The molecule has 0 aliphatic rings. The van der Waals surface area contributed by atoms with Crippen LogP contribution in [-0.2, 0) is 22.7 Å². The van der Waals surface area contributed by atoms with Crippen LogP contribution in [0.5, 0.6) is 5.75 Å².